The number of anilines is 1. The minimum Gasteiger partial charge on any atom is -0.464 e. The Morgan fingerprint density at radius 1 is 1.42 bits per heavy atom. The molecule has 4 nitrogen and oxygen atoms in total. The molecule has 98 valence electrons. The smallest absolute Gasteiger partial charge is 0.358 e. The Labute approximate surface area is 114 Å². The van der Waals surface area contributed by atoms with Crippen LogP contribution in [-0.4, -0.2) is 18.1 Å². The first-order valence-electron chi connectivity index (χ1n) is 5.34. The molecule has 1 heterocycles. The number of esters is 1. The normalized spacial score (nSPS) is 10.3. The van der Waals surface area contributed by atoms with Gasteiger partial charge in [-0.15, -0.1) is 0 Å². The van der Waals surface area contributed by atoms with Gasteiger partial charge in [-0.25, -0.2) is 14.2 Å². The van der Waals surface area contributed by atoms with Crippen LogP contribution in [0.4, 0.5) is 10.1 Å². The summed E-state index contributed by atoms with van der Waals surface area (Å²) in [6.45, 7) is 0. The molecule has 2 rings (SSSR count). The molecule has 2 aromatic rings. The molecule has 0 aliphatic rings. The maximum absolute atomic E-state index is 13.7. The van der Waals surface area contributed by atoms with Gasteiger partial charge in [-0.05, 0) is 18.2 Å². The number of halogens is 2. The standard InChI is InChI=1S/C13H10ClFN2O2/c1-19-13(18)12-11(14)9(16)6-10(17-12)7-4-2-3-5-8(7)15/h2-6H,1H3,(H2,16,17). The maximum atomic E-state index is 13.7. The summed E-state index contributed by atoms with van der Waals surface area (Å²) in [4.78, 5) is 15.5. The summed E-state index contributed by atoms with van der Waals surface area (Å²) in [6, 6.07) is 7.45. The van der Waals surface area contributed by atoms with Crippen molar-refractivity contribution < 1.29 is 13.9 Å². The molecule has 0 radical (unpaired) electrons. The molecule has 0 bridgehead atoms. The molecule has 0 saturated heterocycles. The predicted octanol–water partition coefficient (Wildman–Crippen LogP) is 2.91. The number of hydrogen-bond acceptors (Lipinski definition) is 4. The predicted molar refractivity (Wildman–Crippen MR) is 70.4 cm³/mol. The van der Waals surface area contributed by atoms with E-state index in [1.807, 2.05) is 0 Å². The number of rotatable bonds is 2. The number of carbonyl (C=O) groups excluding carboxylic acids is 1. The van der Waals surface area contributed by atoms with Crippen molar-refractivity contribution in [3.63, 3.8) is 0 Å². The van der Waals surface area contributed by atoms with E-state index in [0.29, 0.717) is 0 Å². The molecule has 0 spiro atoms. The van der Waals surface area contributed by atoms with Crippen LogP contribution in [0.2, 0.25) is 5.02 Å². The van der Waals surface area contributed by atoms with Crippen molar-refractivity contribution in [1.82, 2.24) is 4.98 Å². The number of carbonyl (C=O) groups is 1. The monoisotopic (exact) mass is 280 g/mol. The molecule has 6 heteroatoms. The van der Waals surface area contributed by atoms with Crippen LogP contribution >= 0.6 is 11.6 Å². The van der Waals surface area contributed by atoms with Crippen molar-refractivity contribution in [3.05, 3.63) is 46.9 Å². The van der Waals surface area contributed by atoms with Gasteiger partial charge in [0.15, 0.2) is 5.69 Å². The van der Waals surface area contributed by atoms with Crippen LogP contribution in [0, 0.1) is 5.82 Å². The number of pyridine rings is 1. The van der Waals surface area contributed by atoms with Crippen molar-refractivity contribution in [1.29, 1.82) is 0 Å². The second-order valence-electron chi connectivity index (χ2n) is 3.73. The van der Waals surface area contributed by atoms with E-state index in [9.17, 15) is 9.18 Å². The van der Waals surface area contributed by atoms with Gasteiger partial charge >= 0.3 is 5.97 Å². The molecule has 1 aromatic carbocycles. The highest BCUT2D eigenvalue weighted by Gasteiger charge is 2.18. The van der Waals surface area contributed by atoms with Gasteiger partial charge in [0.05, 0.1) is 23.5 Å². The van der Waals surface area contributed by atoms with Gasteiger partial charge in [-0.2, -0.15) is 0 Å². The summed E-state index contributed by atoms with van der Waals surface area (Å²) in [5, 5.41) is -0.00746. The van der Waals surface area contributed by atoms with Gasteiger partial charge in [0.1, 0.15) is 5.82 Å². The summed E-state index contributed by atoms with van der Waals surface area (Å²) >= 11 is 5.88. The number of hydrogen-bond donors (Lipinski definition) is 1. The lowest BCUT2D eigenvalue weighted by atomic mass is 10.1. The first-order valence-corrected chi connectivity index (χ1v) is 5.71. The Bertz CT molecular complexity index is 647. The zero-order chi connectivity index (χ0) is 14.0. The van der Waals surface area contributed by atoms with Crippen LogP contribution in [0.25, 0.3) is 11.3 Å². The molecular weight excluding hydrogens is 271 g/mol. The first kappa shape index (κ1) is 13.3. The third kappa shape index (κ3) is 2.51. The SMILES string of the molecule is COC(=O)c1nc(-c2ccccc2F)cc(N)c1Cl. The molecule has 0 saturated carbocycles. The fourth-order valence-corrected chi connectivity index (χ4v) is 1.76. The van der Waals surface area contributed by atoms with Gasteiger partial charge in [0.2, 0.25) is 0 Å². The Balaban J connectivity index is 2.64. The van der Waals surface area contributed by atoms with E-state index in [2.05, 4.69) is 9.72 Å². The molecule has 0 fully saturated rings. The van der Waals surface area contributed by atoms with Gasteiger partial charge in [0, 0.05) is 5.56 Å². The quantitative estimate of drug-likeness (QED) is 0.859. The minimum atomic E-state index is -0.727. The summed E-state index contributed by atoms with van der Waals surface area (Å²) in [6.07, 6.45) is 0. The fraction of sp³-hybridized carbons (Fsp3) is 0.0769. The number of nitrogens with zero attached hydrogens (tertiary/aromatic N) is 1. The van der Waals surface area contributed by atoms with Crippen molar-refractivity contribution in [2.75, 3.05) is 12.8 Å². The second-order valence-corrected chi connectivity index (χ2v) is 4.11. The zero-order valence-corrected chi connectivity index (χ0v) is 10.7. The summed E-state index contributed by atoms with van der Waals surface area (Å²) in [7, 11) is 1.20. The van der Waals surface area contributed by atoms with Crippen LogP contribution in [0.15, 0.2) is 30.3 Å². The van der Waals surface area contributed by atoms with Crippen LogP contribution in [-0.2, 0) is 4.74 Å². The lowest BCUT2D eigenvalue weighted by molar-refractivity contribution is 0.0594. The van der Waals surface area contributed by atoms with Crippen LogP contribution in [0.5, 0.6) is 0 Å². The molecule has 0 aliphatic carbocycles. The highest BCUT2D eigenvalue weighted by Crippen LogP contribution is 2.29. The highest BCUT2D eigenvalue weighted by atomic mass is 35.5. The van der Waals surface area contributed by atoms with Gasteiger partial charge < -0.3 is 10.5 Å². The van der Waals surface area contributed by atoms with E-state index < -0.39 is 11.8 Å². The van der Waals surface area contributed by atoms with E-state index in [1.165, 1.54) is 25.3 Å². The molecule has 2 N–H and O–H groups in total. The lowest BCUT2D eigenvalue weighted by Gasteiger charge is -2.08. The highest BCUT2D eigenvalue weighted by molar-refractivity contribution is 6.35. The van der Waals surface area contributed by atoms with Crippen molar-refractivity contribution >= 4 is 23.3 Å². The largest absolute Gasteiger partial charge is 0.464 e. The molecule has 1 aromatic heterocycles. The third-order valence-electron chi connectivity index (χ3n) is 2.51. The Morgan fingerprint density at radius 2 is 2.11 bits per heavy atom. The average molecular weight is 281 g/mol. The van der Waals surface area contributed by atoms with Crippen molar-refractivity contribution in [2.45, 2.75) is 0 Å². The van der Waals surface area contributed by atoms with Crippen molar-refractivity contribution in [2.24, 2.45) is 0 Å². The van der Waals surface area contributed by atoms with Crippen LogP contribution < -0.4 is 5.73 Å². The van der Waals surface area contributed by atoms with E-state index in [4.69, 9.17) is 17.3 Å². The molecule has 0 amide bonds. The number of ether oxygens (including phenoxy) is 1. The summed E-state index contributed by atoms with van der Waals surface area (Å²) < 4.78 is 18.3. The Morgan fingerprint density at radius 3 is 2.74 bits per heavy atom. The number of aromatic nitrogens is 1. The Kier molecular flexibility index (Phi) is 3.66. The molecule has 19 heavy (non-hydrogen) atoms. The summed E-state index contributed by atoms with van der Waals surface area (Å²) in [5.74, 6) is -1.19. The van der Waals surface area contributed by atoms with Gasteiger partial charge in [-0.1, -0.05) is 23.7 Å². The first-order chi connectivity index (χ1) is 9.04. The van der Waals surface area contributed by atoms with E-state index in [-0.39, 0.29) is 27.7 Å². The third-order valence-corrected chi connectivity index (χ3v) is 2.91. The van der Waals surface area contributed by atoms with Crippen molar-refractivity contribution in [3.8, 4) is 11.3 Å². The molecular formula is C13H10ClFN2O2. The number of methoxy groups -OCH3 is 1. The summed E-state index contributed by atoms with van der Waals surface area (Å²) in [5.41, 5.74) is 6.15. The minimum absolute atomic E-state index is 0.00746. The van der Waals surface area contributed by atoms with E-state index in [1.54, 1.807) is 12.1 Å². The Hall–Kier alpha value is -2.14. The fourth-order valence-electron chi connectivity index (χ4n) is 1.59. The van der Waals surface area contributed by atoms with E-state index >= 15 is 0 Å². The van der Waals surface area contributed by atoms with E-state index in [0.717, 1.165) is 0 Å². The molecule has 0 atom stereocenters. The average Bonchev–Trinajstić information content (AvgIpc) is 2.41. The topological polar surface area (TPSA) is 65.2 Å². The number of benzene rings is 1. The zero-order valence-electron chi connectivity index (χ0n) is 9.98. The van der Waals surface area contributed by atoms with Crippen LogP contribution in [0.1, 0.15) is 10.5 Å². The van der Waals surface area contributed by atoms with Gasteiger partial charge in [0.25, 0.3) is 0 Å². The number of nitrogen functional groups attached to an aromatic ring is 1. The van der Waals surface area contributed by atoms with Gasteiger partial charge in [-0.3, -0.25) is 0 Å². The lowest BCUT2D eigenvalue weighted by Crippen LogP contribution is -2.08. The molecule has 0 aliphatic heterocycles. The second kappa shape index (κ2) is 5.24. The maximum Gasteiger partial charge on any atom is 0.358 e. The van der Waals surface area contributed by atoms with Crippen LogP contribution in [0.3, 0.4) is 0 Å². The molecule has 0 unspecified atom stereocenters. The number of nitrogens with two attached hydrogens (primary N) is 1.